The Bertz CT molecular complexity index is 1510. The Morgan fingerprint density at radius 1 is 1.11 bits per heavy atom. The van der Waals surface area contributed by atoms with Crippen LogP contribution < -0.4 is 20.1 Å². The fraction of sp³-hybridized carbons (Fsp3) is 0.300. The third-order valence-electron chi connectivity index (χ3n) is 7.15. The molecule has 1 aliphatic heterocycles. The number of anilines is 1. The maximum absolute atomic E-state index is 13.1. The molecule has 1 atom stereocenters. The maximum Gasteiger partial charge on any atom is 0.350 e. The van der Waals surface area contributed by atoms with Crippen molar-refractivity contribution in [2.75, 3.05) is 25.7 Å². The minimum atomic E-state index is -0.384. The van der Waals surface area contributed by atoms with Gasteiger partial charge in [0.25, 0.3) is 0 Å². The van der Waals surface area contributed by atoms with Crippen molar-refractivity contribution in [3.63, 3.8) is 0 Å². The van der Waals surface area contributed by atoms with Gasteiger partial charge < -0.3 is 13.9 Å². The first-order chi connectivity index (χ1) is 18.4. The van der Waals surface area contributed by atoms with Crippen molar-refractivity contribution in [2.24, 2.45) is 0 Å². The second-order valence-electron chi connectivity index (χ2n) is 9.49. The van der Waals surface area contributed by atoms with Crippen molar-refractivity contribution >= 4 is 11.7 Å². The lowest BCUT2D eigenvalue weighted by atomic mass is 9.92. The van der Waals surface area contributed by atoms with Gasteiger partial charge in [-0.25, -0.2) is 4.79 Å². The summed E-state index contributed by atoms with van der Waals surface area (Å²) in [5, 5.41) is 0. The Labute approximate surface area is 221 Å². The summed E-state index contributed by atoms with van der Waals surface area (Å²) in [5.41, 5.74) is 4.50. The van der Waals surface area contributed by atoms with E-state index in [4.69, 9.17) is 13.9 Å². The first-order valence-corrected chi connectivity index (χ1v) is 12.6. The Morgan fingerprint density at radius 3 is 2.50 bits per heavy atom. The summed E-state index contributed by atoms with van der Waals surface area (Å²) in [6.45, 7) is 4.41. The molecule has 0 N–H and O–H groups in total. The van der Waals surface area contributed by atoms with Gasteiger partial charge in [0, 0.05) is 37.6 Å². The molecule has 3 heterocycles. The molecule has 0 fully saturated rings. The molecule has 5 rings (SSSR count). The van der Waals surface area contributed by atoms with Crippen LogP contribution in [0.5, 0.6) is 11.5 Å². The molecule has 1 aliphatic rings. The Morgan fingerprint density at radius 2 is 1.84 bits per heavy atom. The van der Waals surface area contributed by atoms with Gasteiger partial charge >= 0.3 is 5.69 Å². The first-order valence-electron chi connectivity index (χ1n) is 12.6. The molecule has 8 nitrogen and oxygen atoms in total. The number of fused-ring (bicyclic) bond motifs is 3. The summed E-state index contributed by atoms with van der Waals surface area (Å²) in [6, 6.07) is 17.8. The van der Waals surface area contributed by atoms with Crippen LogP contribution in [-0.2, 0) is 17.8 Å². The van der Waals surface area contributed by atoms with Crippen LogP contribution in [-0.4, -0.2) is 36.2 Å². The zero-order chi connectivity index (χ0) is 26.8. The average molecular weight is 514 g/mol. The number of hydrogen-bond donors (Lipinski definition) is 0. The van der Waals surface area contributed by atoms with E-state index in [2.05, 4.69) is 29.2 Å². The summed E-state index contributed by atoms with van der Waals surface area (Å²) in [5.74, 6) is 2.13. The number of carbonyl (C=O) groups is 1. The Balaban J connectivity index is 1.51. The molecular weight excluding hydrogens is 482 g/mol. The Hall–Kier alpha value is -4.33. The SMILES string of the molecule is COc1cc2c(cc1OC)-c1cc(N(CCC(c3ccc(C)cc3)c3ccco3)C(C)=O)nc(=O)n1CC2. The summed E-state index contributed by atoms with van der Waals surface area (Å²) in [4.78, 5) is 31.9. The lowest BCUT2D eigenvalue weighted by molar-refractivity contribution is -0.116. The highest BCUT2D eigenvalue weighted by Crippen LogP contribution is 2.38. The van der Waals surface area contributed by atoms with E-state index in [1.54, 1.807) is 29.9 Å². The topological polar surface area (TPSA) is 86.8 Å². The molecule has 0 saturated heterocycles. The van der Waals surface area contributed by atoms with E-state index in [0.717, 1.165) is 22.5 Å². The van der Waals surface area contributed by atoms with Crippen molar-refractivity contribution in [3.8, 4) is 22.8 Å². The van der Waals surface area contributed by atoms with Gasteiger partial charge in [-0.2, -0.15) is 4.98 Å². The number of furan rings is 1. The van der Waals surface area contributed by atoms with Gasteiger partial charge in [0.1, 0.15) is 11.6 Å². The van der Waals surface area contributed by atoms with Crippen LogP contribution in [0.1, 0.15) is 41.7 Å². The second-order valence-corrected chi connectivity index (χ2v) is 9.49. The van der Waals surface area contributed by atoms with Gasteiger partial charge in [0.2, 0.25) is 5.91 Å². The molecule has 2 aromatic carbocycles. The van der Waals surface area contributed by atoms with Crippen molar-refractivity contribution in [2.45, 2.75) is 39.2 Å². The second kappa shape index (κ2) is 10.6. The van der Waals surface area contributed by atoms with E-state index >= 15 is 0 Å². The number of rotatable bonds is 8. The largest absolute Gasteiger partial charge is 0.493 e. The molecule has 0 bridgehead atoms. The highest BCUT2D eigenvalue weighted by molar-refractivity contribution is 5.91. The van der Waals surface area contributed by atoms with Gasteiger partial charge in [-0.05, 0) is 55.2 Å². The molecule has 0 spiro atoms. The van der Waals surface area contributed by atoms with Crippen molar-refractivity contribution in [1.82, 2.24) is 9.55 Å². The summed E-state index contributed by atoms with van der Waals surface area (Å²) in [6.07, 6.45) is 2.92. The van der Waals surface area contributed by atoms with E-state index in [1.807, 2.05) is 37.3 Å². The fourth-order valence-corrected chi connectivity index (χ4v) is 5.12. The van der Waals surface area contributed by atoms with Gasteiger partial charge in [0.15, 0.2) is 11.5 Å². The lowest BCUT2D eigenvalue weighted by Crippen LogP contribution is -2.36. The molecule has 8 heteroatoms. The quantitative estimate of drug-likeness (QED) is 0.331. The number of benzene rings is 2. The van der Waals surface area contributed by atoms with E-state index in [9.17, 15) is 9.59 Å². The predicted molar refractivity (Wildman–Crippen MR) is 145 cm³/mol. The third kappa shape index (κ3) is 4.81. The van der Waals surface area contributed by atoms with Gasteiger partial charge in [-0.1, -0.05) is 29.8 Å². The normalized spacial score (nSPS) is 12.8. The van der Waals surface area contributed by atoms with E-state index in [0.29, 0.717) is 48.9 Å². The number of carbonyl (C=O) groups excluding carboxylic acids is 1. The third-order valence-corrected chi connectivity index (χ3v) is 7.15. The fourth-order valence-electron chi connectivity index (χ4n) is 5.12. The van der Waals surface area contributed by atoms with Crippen LogP contribution in [0.3, 0.4) is 0 Å². The summed E-state index contributed by atoms with van der Waals surface area (Å²) < 4.78 is 18.4. The van der Waals surface area contributed by atoms with Crippen LogP contribution in [0.4, 0.5) is 5.82 Å². The number of ether oxygens (including phenoxy) is 2. The number of aryl methyl sites for hydroxylation is 2. The molecule has 4 aromatic rings. The van der Waals surface area contributed by atoms with Gasteiger partial charge in [-0.3, -0.25) is 14.3 Å². The maximum atomic E-state index is 13.1. The first kappa shape index (κ1) is 25.3. The average Bonchev–Trinajstić information content (AvgIpc) is 3.45. The lowest BCUT2D eigenvalue weighted by Gasteiger charge is -2.27. The molecule has 1 unspecified atom stereocenters. The predicted octanol–water partition coefficient (Wildman–Crippen LogP) is 4.96. The molecule has 38 heavy (non-hydrogen) atoms. The highest BCUT2D eigenvalue weighted by atomic mass is 16.5. The smallest absolute Gasteiger partial charge is 0.350 e. The van der Waals surface area contributed by atoms with Crippen molar-refractivity contribution in [1.29, 1.82) is 0 Å². The van der Waals surface area contributed by atoms with Crippen LogP contribution >= 0.6 is 0 Å². The minimum absolute atomic E-state index is 0.0522. The molecule has 1 amide bonds. The van der Waals surface area contributed by atoms with E-state index in [-0.39, 0.29) is 17.5 Å². The Kier molecular flexibility index (Phi) is 7.05. The molecule has 0 saturated carbocycles. The van der Waals surface area contributed by atoms with Crippen LogP contribution in [0.25, 0.3) is 11.3 Å². The minimum Gasteiger partial charge on any atom is -0.493 e. The van der Waals surface area contributed by atoms with Gasteiger partial charge in [0.05, 0.1) is 26.2 Å². The molecule has 0 aliphatic carbocycles. The zero-order valence-electron chi connectivity index (χ0n) is 22.1. The van der Waals surface area contributed by atoms with Crippen LogP contribution in [0, 0.1) is 6.92 Å². The molecule has 2 aromatic heterocycles. The highest BCUT2D eigenvalue weighted by Gasteiger charge is 2.25. The number of nitrogens with zero attached hydrogens (tertiary/aromatic N) is 3. The monoisotopic (exact) mass is 513 g/mol. The van der Waals surface area contributed by atoms with E-state index < -0.39 is 0 Å². The number of hydrogen-bond acceptors (Lipinski definition) is 6. The number of methoxy groups -OCH3 is 2. The molecule has 0 radical (unpaired) electrons. The zero-order valence-corrected chi connectivity index (χ0v) is 22.1. The number of aromatic nitrogens is 2. The summed E-state index contributed by atoms with van der Waals surface area (Å²) in [7, 11) is 3.18. The molecule has 196 valence electrons. The van der Waals surface area contributed by atoms with Crippen LogP contribution in [0.15, 0.2) is 70.1 Å². The standard InChI is InChI=1S/C30H31N3O5/c1-19-7-9-21(10-8-19)23(26-6-5-15-38-26)12-14-32(20(2)34)29-18-25-24-17-28(37-4)27(36-3)16-22(24)11-13-33(25)30(35)31-29/h5-10,15-18,23H,11-14H2,1-4H3. The van der Waals surface area contributed by atoms with Gasteiger partial charge in [-0.15, -0.1) is 0 Å². The van der Waals surface area contributed by atoms with Crippen LogP contribution in [0.2, 0.25) is 0 Å². The summed E-state index contributed by atoms with van der Waals surface area (Å²) >= 11 is 0. The van der Waals surface area contributed by atoms with Crippen molar-refractivity contribution < 1.29 is 18.7 Å². The number of amides is 1. The van der Waals surface area contributed by atoms with Crippen molar-refractivity contribution in [3.05, 3.63) is 93.8 Å². The molecular formula is C30H31N3O5. The van der Waals surface area contributed by atoms with E-state index in [1.165, 1.54) is 12.5 Å².